The molecule has 0 radical (unpaired) electrons. The van der Waals surface area contributed by atoms with Gasteiger partial charge in [0, 0.05) is 17.3 Å². The van der Waals surface area contributed by atoms with Crippen molar-refractivity contribution in [2.45, 2.75) is 6.54 Å². The standard InChI is InChI=1S/C20H16FN5O3S/c1-29-16-7-5-12(6-8-16)18-25-26-17(27)10-15(24-20(26)30-18)11-22-19(28)23-14-4-2-3-13(21)9-14/h2-10H,11H2,1H3,(H2,22,23,28). The van der Waals surface area contributed by atoms with Gasteiger partial charge in [0.2, 0.25) is 4.96 Å². The summed E-state index contributed by atoms with van der Waals surface area (Å²) in [5.41, 5.74) is 1.19. The van der Waals surface area contributed by atoms with E-state index in [-0.39, 0.29) is 12.1 Å². The van der Waals surface area contributed by atoms with Crippen LogP contribution < -0.4 is 20.9 Å². The summed E-state index contributed by atoms with van der Waals surface area (Å²) < 4.78 is 19.6. The molecule has 2 aromatic carbocycles. The van der Waals surface area contributed by atoms with E-state index in [0.717, 1.165) is 11.3 Å². The van der Waals surface area contributed by atoms with Gasteiger partial charge in [-0.25, -0.2) is 14.2 Å². The molecule has 0 aliphatic rings. The van der Waals surface area contributed by atoms with E-state index in [1.165, 1.54) is 40.1 Å². The van der Waals surface area contributed by atoms with Crippen molar-refractivity contribution in [2.75, 3.05) is 12.4 Å². The molecule has 30 heavy (non-hydrogen) atoms. The fourth-order valence-electron chi connectivity index (χ4n) is 2.71. The third-order valence-corrected chi connectivity index (χ3v) is 5.11. The van der Waals surface area contributed by atoms with Crippen LogP contribution in [0.3, 0.4) is 0 Å². The Hall–Kier alpha value is -3.79. The minimum atomic E-state index is -0.536. The van der Waals surface area contributed by atoms with E-state index in [1.54, 1.807) is 13.2 Å². The number of rotatable bonds is 5. The lowest BCUT2D eigenvalue weighted by molar-refractivity contribution is 0.251. The van der Waals surface area contributed by atoms with Crippen molar-refractivity contribution in [2.24, 2.45) is 0 Å². The SMILES string of the molecule is COc1ccc(-c2nn3c(=O)cc(CNC(=O)Nc4cccc(F)c4)nc3s2)cc1. The normalized spacial score (nSPS) is 10.7. The molecule has 0 unspecified atom stereocenters. The Morgan fingerprint density at radius 3 is 2.73 bits per heavy atom. The van der Waals surface area contributed by atoms with Crippen LogP contribution in [0.5, 0.6) is 5.75 Å². The molecule has 0 aliphatic carbocycles. The quantitative estimate of drug-likeness (QED) is 0.511. The van der Waals surface area contributed by atoms with E-state index in [0.29, 0.717) is 21.3 Å². The summed E-state index contributed by atoms with van der Waals surface area (Å²) in [6.07, 6.45) is 0. The van der Waals surface area contributed by atoms with Crippen LogP contribution in [-0.2, 0) is 6.54 Å². The first-order valence-corrected chi connectivity index (χ1v) is 9.68. The Balaban J connectivity index is 1.49. The van der Waals surface area contributed by atoms with Crippen LogP contribution in [0.1, 0.15) is 5.69 Å². The van der Waals surface area contributed by atoms with Crippen molar-refractivity contribution in [3.05, 3.63) is 76.5 Å². The summed E-state index contributed by atoms with van der Waals surface area (Å²) in [6, 6.07) is 13.6. The highest BCUT2D eigenvalue weighted by Crippen LogP contribution is 2.26. The molecule has 2 heterocycles. The zero-order valence-corrected chi connectivity index (χ0v) is 16.6. The van der Waals surface area contributed by atoms with Crippen LogP contribution in [0, 0.1) is 5.82 Å². The second kappa shape index (κ2) is 8.29. The van der Waals surface area contributed by atoms with E-state index in [9.17, 15) is 14.0 Å². The maximum Gasteiger partial charge on any atom is 0.319 e. The monoisotopic (exact) mass is 425 g/mol. The molecule has 0 spiro atoms. The van der Waals surface area contributed by atoms with Gasteiger partial charge in [0.25, 0.3) is 5.56 Å². The molecular weight excluding hydrogens is 409 g/mol. The topological polar surface area (TPSA) is 97.6 Å². The van der Waals surface area contributed by atoms with Gasteiger partial charge >= 0.3 is 6.03 Å². The molecule has 0 saturated carbocycles. The summed E-state index contributed by atoms with van der Waals surface area (Å²) >= 11 is 1.26. The highest BCUT2D eigenvalue weighted by Gasteiger charge is 2.12. The van der Waals surface area contributed by atoms with Crippen molar-refractivity contribution in [1.82, 2.24) is 19.9 Å². The lowest BCUT2D eigenvalue weighted by Gasteiger charge is -2.07. The highest BCUT2D eigenvalue weighted by atomic mass is 32.1. The summed E-state index contributed by atoms with van der Waals surface area (Å²) in [5.74, 6) is 0.269. The number of carbonyl (C=O) groups excluding carboxylic acids is 1. The predicted molar refractivity (Wildman–Crippen MR) is 111 cm³/mol. The predicted octanol–water partition coefficient (Wildman–Crippen LogP) is 3.29. The zero-order chi connectivity index (χ0) is 21.1. The average molecular weight is 425 g/mol. The van der Waals surface area contributed by atoms with Gasteiger partial charge in [-0.05, 0) is 42.5 Å². The molecule has 2 N–H and O–H groups in total. The molecule has 4 aromatic rings. The number of anilines is 1. The molecule has 10 heteroatoms. The summed E-state index contributed by atoms with van der Waals surface area (Å²) in [5, 5.41) is 10.1. The number of methoxy groups -OCH3 is 1. The Bertz CT molecular complexity index is 1270. The van der Waals surface area contributed by atoms with Crippen molar-refractivity contribution in [1.29, 1.82) is 0 Å². The number of benzene rings is 2. The van der Waals surface area contributed by atoms with E-state index >= 15 is 0 Å². The molecule has 0 saturated heterocycles. The van der Waals surface area contributed by atoms with Gasteiger partial charge in [-0.15, -0.1) is 0 Å². The lowest BCUT2D eigenvalue weighted by Crippen LogP contribution is -2.29. The number of urea groups is 1. The fourth-order valence-corrected chi connectivity index (χ4v) is 3.64. The Morgan fingerprint density at radius 2 is 2.00 bits per heavy atom. The Morgan fingerprint density at radius 1 is 1.20 bits per heavy atom. The summed E-state index contributed by atoms with van der Waals surface area (Å²) in [4.78, 5) is 29.2. The van der Waals surface area contributed by atoms with Crippen LogP contribution in [0.25, 0.3) is 15.5 Å². The van der Waals surface area contributed by atoms with Gasteiger partial charge in [0.05, 0.1) is 19.3 Å². The van der Waals surface area contributed by atoms with Gasteiger partial charge < -0.3 is 15.4 Å². The van der Waals surface area contributed by atoms with Crippen molar-refractivity contribution < 1.29 is 13.9 Å². The van der Waals surface area contributed by atoms with E-state index < -0.39 is 11.8 Å². The number of aromatic nitrogens is 3. The van der Waals surface area contributed by atoms with Gasteiger partial charge in [0.15, 0.2) is 0 Å². The van der Waals surface area contributed by atoms with E-state index in [4.69, 9.17) is 4.74 Å². The molecule has 0 atom stereocenters. The van der Waals surface area contributed by atoms with E-state index in [1.807, 2.05) is 24.3 Å². The van der Waals surface area contributed by atoms with E-state index in [2.05, 4.69) is 20.7 Å². The fraction of sp³-hybridized carbons (Fsp3) is 0.100. The minimum absolute atomic E-state index is 0.0304. The van der Waals surface area contributed by atoms with Crippen LogP contribution in [-0.4, -0.2) is 27.7 Å². The smallest absolute Gasteiger partial charge is 0.319 e. The van der Waals surface area contributed by atoms with Gasteiger partial charge in [0.1, 0.15) is 16.6 Å². The second-order valence-corrected chi connectivity index (χ2v) is 7.19. The number of ether oxygens (including phenoxy) is 1. The first-order chi connectivity index (χ1) is 14.5. The van der Waals surface area contributed by atoms with Crippen molar-refractivity contribution in [3.63, 3.8) is 0 Å². The maximum absolute atomic E-state index is 13.2. The molecule has 152 valence electrons. The number of hydrogen-bond donors (Lipinski definition) is 2. The minimum Gasteiger partial charge on any atom is -0.497 e. The Labute approximate surface area is 174 Å². The van der Waals surface area contributed by atoms with Gasteiger partial charge in [-0.3, -0.25) is 4.79 Å². The van der Waals surface area contributed by atoms with Crippen LogP contribution >= 0.6 is 11.3 Å². The molecule has 2 aromatic heterocycles. The molecule has 8 nitrogen and oxygen atoms in total. The van der Waals surface area contributed by atoms with Crippen LogP contribution in [0.2, 0.25) is 0 Å². The maximum atomic E-state index is 13.2. The number of amides is 2. The average Bonchev–Trinajstić information content (AvgIpc) is 3.17. The highest BCUT2D eigenvalue weighted by molar-refractivity contribution is 7.19. The molecule has 0 fully saturated rings. The second-order valence-electron chi connectivity index (χ2n) is 6.23. The third-order valence-electron chi connectivity index (χ3n) is 4.15. The number of fused-ring (bicyclic) bond motifs is 1. The molecule has 4 rings (SSSR count). The Kier molecular flexibility index (Phi) is 5.40. The molecule has 0 aliphatic heterocycles. The number of carbonyl (C=O) groups is 1. The summed E-state index contributed by atoms with van der Waals surface area (Å²) in [6.45, 7) is 0.0304. The number of halogens is 1. The van der Waals surface area contributed by atoms with Crippen molar-refractivity contribution in [3.8, 4) is 16.3 Å². The third kappa shape index (κ3) is 4.28. The van der Waals surface area contributed by atoms with Crippen molar-refractivity contribution >= 4 is 28.0 Å². The number of hydrogen-bond acceptors (Lipinski definition) is 6. The zero-order valence-electron chi connectivity index (χ0n) is 15.8. The largest absolute Gasteiger partial charge is 0.497 e. The van der Waals surface area contributed by atoms with Gasteiger partial charge in [-0.1, -0.05) is 17.4 Å². The number of nitrogens with zero attached hydrogens (tertiary/aromatic N) is 3. The van der Waals surface area contributed by atoms with Crippen LogP contribution in [0.4, 0.5) is 14.9 Å². The van der Waals surface area contributed by atoms with Crippen LogP contribution in [0.15, 0.2) is 59.4 Å². The number of nitrogens with one attached hydrogen (secondary N) is 2. The lowest BCUT2D eigenvalue weighted by atomic mass is 10.2. The van der Waals surface area contributed by atoms with Gasteiger partial charge in [-0.2, -0.15) is 9.61 Å². The summed E-state index contributed by atoms with van der Waals surface area (Å²) in [7, 11) is 1.59. The molecular formula is C20H16FN5O3S. The first-order valence-electron chi connectivity index (χ1n) is 8.86. The molecule has 0 bridgehead atoms. The molecule has 2 amide bonds. The first kappa shape index (κ1) is 19.5.